The predicted molar refractivity (Wildman–Crippen MR) is 121 cm³/mol. The highest BCUT2D eigenvalue weighted by atomic mass is 35.5. The van der Waals surface area contributed by atoms with Gasteiger partial charge in [0.25, 0.3) is 0 Å². The summed E-state index contributed by atoms with van der Waals surface area (Å²) >= 11 is 5.98. The van der Waals surface area contributed by atoms with E-state index in [2.05, 4.69) is 15.3 Å². The number of nitrogens with zero attached hydrogens (tertiary/aromatic N) is 4. The smallest absolute Gasteiger partial charge is 0.246 e. The van der Waals surface area contributed by atoms with E-state index in [4.69, 9.17) is 11.6 Å². The number of piperidine rings is 1. The Hall–Kier alpha value is -2.75. The van der Waals surface area contributed by atoms with Crippen LogP contribution in [0.2, 0.25) is 5.15 Å². The van der Waals surface area contributed by atoms with Crippen molar-refractivity contribution in [2.24, 2.45) is 5.92 Å². The van der Waals surface area contributed by atoms with Gasteiger partial charge in [0.05, 0.1) is 12.4 Å². The zero-order valence-corrected chi connectivity index (χ0v) is 19.1. The Bertz CT molecular complexity index is 1170. The standard InChI is InChI=1S/C22H24ClN5O3S/c1-16(17-4-6-19(7-5-17)27-14-11-24-15-27)26-22(29)18-8-12-28(13-9-18)32(30,31)20-3-2-10-25-21(20)23/h2-7,10-11,14-16,18H,8-9,12-13H2,1H3,(H,26,29). The van der Waals surface area contributed by atoms with Crippen molar-refractivity contribution in [3.63, 3.8) is 0 Å². The number of hydrogen-bond acceptors (Lipinski definition) is 5. The van der Waals surface area contributed by atoms with Gasteiger partial charge in [0.15, 0.2) is 0 Å². The molecule has 1 atom stereocenters. The molecule has 10 heteroatoms. The molecule has 8 nitrogen and oxygen atoms in total. The van der Waals surface area contributed by atoms with Crippen LogP contribution < -0.4 is 5.32 Å². The molecule has 0 saturated carbocycles. The van der Waals surface area contributed by atoms with Gasteiger partial charge in [-0.25, -0.2) is 18.4 Å². The number of pyridine rings is 1. The summed E-state index contributed by atoms with van der Waals surface area (Å²) in [5.41, 5.74) is 1.99. The number of halogens is 1. The third kappa shape index (κ3) is 4.69. The quantitative estimate of drug-likeness (QED) is 0.554. The SMILES string of the molecule is CC(NC(=O)C1CCN(S(=O)(=O)c2cccnc2Cl)CC1)c1ccc(-n2ccnc2)cc1. The number of benzene rings is 1. The average Bonchev–Trinajstić information content (AvgIpc) is 3.34. The van der Waals surface area contributed by atoms with Gasteiger partial charge in [0.1, 0.15) is 10.0 Å². The van der Waals surface area contributed by atoms with Crippen molar-refractivity contribution in [2.75, 3.05) is 13.1 Å². The van der Waals surface area contributed by atoms with Gasteiger partial charge < -0.3 is 9.88 Å². The fourth-order valence-corrected chi connectivity index (χ4v) is 5.72. The van der Waals surface area contributed by atoms with E-state index in [1.54, 1.807) is 18.6 Å². The number of amides is 1. The first-order valence-electron chi connectivity index (χ1n) is 10.4. The molecule has 1 N–H and O–H groups in total. The summed E-state index contributed by atoms with van der Waals surface area (Å²) in [6.45, 7) is 2.47. The van der Waals surface area contributed by atoms with E-state index in [9.17, 15) is 13.2 Å². The minimum absolute atomic E-state index is 0.00247. The van der Waals surface area contributed by atoms with Gasteiger partial charge in [-0.3, -0.25) is 4.79 Å². The van der Waals surface area contributed by atoms with Crippen LogP contribution in [0.4, 0.5) is 0 Å². The Labute approximate surface area is 192 Å². The highest BCUT2D eigenvalue weighted by Gasteiger charge is 2.33. The van der Waals surface area contributed by atoms with Crippen molar-refractivity contribution < 1.29 is 13.2 Å². The monoisotopic (exact) mass is 473 g/mol. The van der Waals surface area contributed by atoms with E-state index in [0.29, 0.717) is 12.8 Å². The molecule has 1 aromatic carbocycles. The summed E-state index contributed by atoms with van der Waals surface area (Å²) < 4.78 is 29.0. The normalized spacial score (nSPS) is 16.6. The van der Waals surface area contributed by atoms with Crippen molar-refractivity contribution >= 4 is 27.5 Å². The summed E-state index contributed by atoms with van der Waals surface area (Å²) in [5, 5.41) is 3.02. The van der Waals surface area contributed by atoms with Crippen molar-refractivity contribution in [1.29, 1.82) is 0 Å². The minimum atomic E-state index is -3.73. The lowest BCUT2D eigenvalue weighted by atomic mass is 9.96. The van der Waals surface area contributed by atoms with Gasteiger partial charge in [-0.1, -0.05) is 23.7 Å². The average molecular weight is 474 g/mol. The molecule has 1 aliphatic rings. The van der Waals surface area contributed by atoms with Crippen LogP contribution in [0.25, 0.3) is 5.69 Å². The molecule has 1 unspecified atom stereocenters. The second-order valence-corrected chi connectivity index (χ2v) is 10.0. The highest BCUT2D eigenvalue weighted by molar-refractivity contribution is 7.89. The molecular weight excluding hydrogens is 450 g/mol. The molecule has 1 fully saturated rings. The van der Waals surface area contributed by atoms with Gasteiger partial charge in [0.2, 0.25) is 15.9 Å². The Kier molecular flexibility index (Phi) is 6.59. The molecule has 3 aromatic rings. The molecule has 0 bridgehead atoms. The lowest BCUT2D eigenvalue weighted by molar-refractivity contribution is -0.126. The van der Waals surface area contributed by atoms with Gasteiger partial charge in [-0.15, -0.1) is 0 Å². The highest BCUT2D eigenvalue weighted by Crippen LogP contribution is 2.27. The summed E-state index contributed by atoms with van der Waals surface area (Å²) in [6.07, 6.45) is 7.68. The maximum atomic E-state index is 12.9. The second-order valence-electron chi connectivity index (χ2n) is 7.76. The molecule has 1 amide bonds. The molecule has 4 rings (SSSR count). The molecular formula is C22H24ClN5O3S. The number of imidazole rings is 1. The Morgan fingerprint density at radius 1 is 1.16 bits per heavy atom. The molecule has 3 heterocycles. The maximum Gasteiger partial charge on any atom is 0.246 e. The topological polar surface area (TPSA) is 97.2 Å². The summed E-state index contributed by atoms with van der Waals surface area (Å²) in [5.74, 6) is -0.300. The number of sulfonamides is 1. The predicted octanol–water partition coefficient (Wildman–Crippen LogP) is 3.20. The third-order valence-electron chi connectivity index (χ3n) is 5.72. The van der Waals surface area contributed by atoms with Crippen LogP contribution in [0.5, 0.6) is 0 Å². The number of aromatic nitrogens is 3. The van der Waals surface area contributed by atoms with E-state index in [0.717, 1.165) is 11.3 Å². The van der Waals surface area contributed by atoms with Crippen LogP contribution >= 0.6 is 11.6 Å². The number of nitrogens with one attached hydrogen (secondary N) is 1. The molecule has 168 valence electrons. The molecule has 0 spiro atoms. The van der Waals surface area contributed by atoms with Crippen LogP contribution in [0, 0.1) is 5.92 Å². The first kappa shape index (κ1) is 22.4. The second kappa shape index (κ2) is 9.40. The van der Waals surface area contributed by atoms with E-state index in [1.165, 1.54) is 16.6 Å². The van der Waals surface area contributed by atoms with Gasteiger partial charge in [-0.05, 0) is 49.6 Å². The van der Waals surface area contributed by atoms with Gasteiger partial charge in [0, 0.05) is 43.3 Å². The van der Waals surface area contributed by atoms with Crippen molar-refractivity contribution in [2.45, 2.75) is 30.7 Å². The van der Waals surface area contributed by atoms with Crippen molar-refractivity contribution in [3.8, 4) is 5.69 Å². The summed E-state index contributed by atoms with van der Waals surface area (Å²) in [6, 6.07) is 10.8. The zero-order valence-electron chi connectivity index (χ0n) is 17.6. The van der Waals surface area contributed by atoms with Crippen LogP contribution in [0.15, 0.2) is 66.2 Å². The van der Waals surface area contributed by atoms with E-state index >= 15 is 0 Å². The first-order valence-corrected chi connectivity index (χ1v) is 12.2. The minimum Gasteiger partial charge on any atom is -0.349 e. The van der Waals surface area contributed by atoms with E-state index in [1.807, 2.05) is 42.0 Å². The number of hydrogen-bond donors (Lipinski definition) is 1. The summed E-state index contributed by atoms with van der Waals surface area (Å²) in [4.78, 5) is 20.7. The number of carbonyl (C=O) groups excluding carboxylic acids is 1. The summed E-state index contributed by atoms with van der Waals surface area (Å²) in [7, 11) is -3.73. The molecule has 1 aliphatic heterocycles. The maximum absolute atomic E-state index is 12.9. The lowest BCUT2D eigenvalue weighted by Crippen LogP contribution is -2.43. The molecule has 2 aromatic heterocycles. The molecule has 0 radical (unpaired) electrons. The van der Waals surface area contributed by atoms with Crippen LogP contribution in [0.1, 0.15) is 31.4 Å². The zero-order chi connectivity index (χ0) is 22.7. The largest absolute Gasteiger partial charge is 0.349 e. The van der Waals surface area contributed by atoms with Crippen LogP contribution in [0.3, 0.4) is 0 Å². The molecule has 0 aliphatic carbocycles. The molecule has 32 heavy (non-hydrogen) atoms. The fourth-order valence-electron chi connectivity index (χ4n) is 3.82. The van der Waals surface area contributed by atoms with Crippen molar-refractivity contribution in [1.82, 2.24) is 24.2 Å². The first-order chi connectivity index (χ1) is 15.4. The van der Waals surface area contributed by atoms with E-state index < -0.39 is 10.0 Å². The third-order valence-corrected chi connectivity index (χ3v) is 8.07. The molecule has 1 saturated heterocycles. The Balaban J connectivity index is 1.34. The Morgan fingerprint density at radius 2 is 1.88 bits per heavy atom. The Morgan fingerprint density at radius 3 is 2.50 bits per heavy atom. The van der Waals surface area contributed by atoms with Crippen molar-refractivity contribution in [3.05, 3.63) is 72.0 Å². The van der Waals surface area contributed by atoms with Crippen LogP contribution in [-0.2, 0) is 14.8 Å². The lowest BCUT2D eigenvalue weighted by Gasteiger charge is -2.31. The van der Waals surface area contributed by atoms with Gasteiger partial charge >= 0.3 is 0 Å². The number of rotatable bonds is 6. The number of carbonyl (C=O) groups is 1. The fraction of sp³-hybridized carbons (Fsp3) is 0.318. The van der Waals surface area contributed by atoms with Crippen LogP contribution in [-0.4, -0.2) is 46.3 Å². The van der Waals surface area contributed by atoms with E-state index in [-0.39, 0.29) is 41.0 Å². The van der Waals surface area contributed by atoms with Gasteiger partial charge in [-0.2, -0.15) is 4.31 Å².